The number of benzene rings is 1. The fraction of sp³-hybridized carbons (Fsp3) is 0.333. The van der Waals surface area contributed by atoms with Gasteiger partial charge in [0.1, 0.15) is 18.2 Å². The molecule has 1 aliphatic carbocycles. The highest BCUT2D eigenvalue weighted by Gasteiger charge is 2.23. The molecule has 0 fully saturated rings. The Labute approximate surface area is 150 Å². The van der Waals surface area contributed by atoms with Crippen molar-refractivity contribution in [3.05, 3.63) is 47.7 Å². The highest BCUT2D eigenvalue weighted by Crippen LogP contribution is 2.32. The maximum atomic E-state index is 15.2. The lowest BCUT2D eigenvalue weighted by Gasteiger charge is -2.13. The Kier molecular flexibility index (Phi) is 4.34. The number of quaternary nitrogens is 1. The van der Waals surface area contributed by atoms with Crippen molar-refractivity contribution >= 4 is 11.8 Å². The second kappa shape index (κ2) is 6.80. The number of nitrogens with zero attached hydrogens (tertiary/aromatic N) is 5. The van der Waals surface area contributed by atoms with Gasteiger partial charge in [-0.2, -0.15) is 10.1 Å². The summed E-state index contributed by atoms with van der Waals surface area (Å²) in [5.41, 5.74) is 6.33. The summed E-state index contributed by atoms with van der Waals surface area (Å²) in [6.45, 7) is 0. The molecule has 1 aliphatic rings. The number of rotatable bonds is 3. The smallest absolute Gasteiger partial charge is 0.231 e. The van der Waals surface area contributed by atoms with Gasteiger partial charge in [-0.25, -0.2) is 14.4 Å². The second-order valence-corrected chi connectivity index (χ2v) is 6.57. The van der Waals surface area contributed by atoms with E-state index in [2.05, 4.69) is 31.1 Å². The summed E-state index contributed by atoms with van der Waals surface area (Å²) in [5.74, 6) is 1.02. The second-order valence-electron chi connectivity index (χ2n) is 6.57. The van der Waals surface area contributed by atoms with Crippen molar-refractivity contribution < 1.29 is 10.1 Å². The summed E-state index contributed by atoms with van der Waals surface area (Å²) in [4.78, 5) is 12.6. The van der Waals surface area contributed by atoms with Crippen molar-refractivity contribution in [3.8, 4) is 11.4 Å². The average Bonchev–Trinajstić information content (AvgIpc) is 2.93. The summed E-state index contributed by atoms with van der Waals surface area (Å²) in [5, 5.41) is 7.23. The van der Waals surface area contributed by atoms with Gasteiger partial charge in [0.2, 0.25) is 5.95 Å². The lowest BCUT2D eigenvalue weighted by molar-refractivity contribution is -0.428. The molecule has 134 valence electrons. The Hall–Kier alpha value is -2.87. The highest BCUT2D eigenvalue weighted by atomic mass is 19.1. The van der Waals surface area contributed by atoms with Crippen molar-refractivity contribution in [2.75, 3.05) is 5.32 Å². The third kappa shape index (κ3) is 3.15. The molecule has 0 saturated heterocycles. The first-order valence-corrected chi connectivity index (χ1v) is 8.72. The lowest BCUT2D eigenvalue weighted by Crippen LogP contribution is -2.53. The summed E-state index contributed by atoms with van der Waals surface area (Å²) < 4.78 is 16.9. The molecule has 7 nitrogen and oxygen atoms in total. The fourth-order valence-electron chi connectivity index (χ4n) is 3.38. The van der Waals surface area contributed by atoms with Crippen molar-refractivity contribution in [2.45, 2.75) is 31.7 Å². The van der Waals surface area contributed by atoms with Crippen LogP contribution in [-0.4, -0.2) is 24.7 Å². The van der Waals surface area contributed by atoms with Gasteiger partial charge in [-0.1, -0.05) is 6.07 Å². The van der Waals surface area contributed by atoms with E-state index in [4.69, 9.17) is 0 Å². The normalized spacial score (nSPS) is 16.8. The van der Waals surface area contributed by atoms with Gasteiger partial charge in [-0.3, -0.25) is 4.68 Å². The van der Waals surface area contributed by atoms with Gasteiger partial charge < -0.3 is 11.1 Å². The molecule has 2 aromatic heterocycles. The molecule has 0 radical (unpaired) electrons. The molecule has 0 amide bonds. The molecule has 3 aromatic rings. The number of aryl methyl sites for hydroxylation is 1. The quantitative estimate of drug-likeness (QED) is 0.703. The van der Waals surface area contributed by atoms with Crippen LogP contribution in [0.5, 0.6) is 0 Å². The lowest BCUT2D eigenvalue weighted by atomic mass is 9.96. The van der Waals surface area contributed by atoms with Gasteiger partial charge >= 0.3 is 0 Å². The third-order valence-corrected chi connectivity index (χ3v) is 4.71. The number of halogens is 1. The van der Waals surface area contributed by atoms with Crippen LogP contribution in [0, 0.1) is 5.82 Å². The summed E-state index contributed by atoms with van der Waals surface area (Å²) in [6, 6.07) is 5.65. The van der Waals surface area contributed by atoms with E-state index in [0.29, 0.717) is 23.2 Å². The topological polar surface area (TPSA) is 96.2 Å². The zero-order valence-corrected chi connectivity index (χ0v) is 14.6. The largest absolute Gasteiger partial charge is 0.351 e. The van der Waals surface area contributed by atoms with Crippen molar-refractivity contribution in [2.24, 2.45) is 7.05 Å². The van der Waals surface area contributed by atoms with E-state index in [1.54, 1.807) is 16.8 Å². The predicted molar refractivity (Wildman–Crippen MR) is 94.9 cm³/mol. The zero-order valence-electron chi connectivity index (χ0n) is 14.6. The van der Waals surface area contributed by atoms with E-state index < -0.39 is 0 Å². The first-order chi connectivity index (χ1) is 12.6. The molecule has 2 heterocycles. The van der Waals surface area contributed by atoms with Crippen LogP contribution in [0.1, 0.15) is 36.4 Å². The molecule has 1 atom stereocenters. The van der Waals surface area contributed by atoms with E-state index in [1.165, 1.54) is 6.33 Å². The van der Waals surface area contributed by atoms with Crippen molar-refractivity contribution in [1.29, 1.82) is 0 Å². The number of nitrogens with one attached hydrogen (secondary N) is 1. The molecule has 0 spiro atoms. The van der Waals surface area contributed by atoms with Crippen LogP contribution in [-0.2, 0) is 13.5 Å². The SMILES string of the molecule is Cn1ccc(Nc2ncnc(-c3ccc4c(c3F)CCCC[C@H]4[NH3+])n2)n1. The maximum Gasteiger partial charge on any atom is 0.231 e. The van der Waals surface area contributed by atoms with Gasteiger partial charge in [0.15, 0.2) is 11.6 Å². The molecule has 0 aliphatic heterocycles. The summed E-state index contributed by atoms with van der Waals surface area (Å²) in [7, 11) is 1.82. The average molecular weight is 354 g/mol. The summed E-state index contributed by atoms with van der Waals surface area (Å²) in [6.07, 6.45) is 6.96. The van der Waals surface area contributed by atoms with Gasteiger partial charge in [0.05, 0.1) is 5.56 Å². The molecule has 4 rings (SSSR count). The zero-order chi connectivity index (χ0) is 18.1. The predicted octanol–water partition coefficient (Wildman–Crippen LogP) is 2.16. The van der Waals surface area contributed by atoms with Gasteiger partial charge in [0, 0.05) is 31.3 Å². The van der Waals surface area contributed by atoms with Crippen LogP contribution in [0.15, 0.2) is 30.7 Å². The molecular formula is C18H21FN7+. The van der Waals surface area contributed by atoms with Crippen molar-refractivity contribution in [1.82, 2.24) is 24.7 Å². The van der Waals surface area contributed by atoms with Crippen LogP contribution < -0.4 is 11.1 Å². The van der Waals surface area contributed by atoms with Crippen LogP contribution in [0.25, 0.3) is 11.4 Å². The molecule has 8 heteroatoms. The van der Waals surface area contributed by atoms with Gasteiger partial charge in [-0.15, -0.1) is 0 Å². The summed E-state index contributed by atoms with van der Waals surface area (Å²) >= 11 is 0. The Morgan fingerprint density at radius 2 is 2.12 bits per heavy atom. The third-order valence-electron chi connectivity index (χ3n) is 4.71. The Morgan fingerprint density at radius 1 is 1.23 bits per heavy atom. The van der Waals surface area contributed by atoms with E-state index in [0.717, 1.165) is 36.8 Å². The Balaban J connectivity index is 1.69. The minimum atomic E-state index is -0.243. The van der Waals surface area contributed by atoms with Crippen molar-refractivity contribution in [3.63, 3.8) is 0 Å². The maximum absolute atomic E-state index is 15.2. The number of hydrogen-bond acceptors (Lipinski definition) is 5. The van der Waals surface area contributed by atoms with E-state index in [-0.39, 0.29) is 11.9 Å². The molecule has 0 bridgehead atoms. The minimum Gasteiger partial charge on any atom is -0.351 e. The minimum absolute atomic E-state index is 0.135. The van der Waals surface area contributed by atoms with Crippen LogP contribution in [0.2, 0.25) is 0 Å². The van der Waals surface area contributed by atoms with E-state index in [9.17, 15) is 0 Å². The highest BCUT2D eigenvalue weighted by molar-refractivity contribution is 5.61. The molecular weight excluding hydrogens is 333 g/mol. The first-order valence-electron chi connectivity index (χ1n) is 8.72. The standard InChI is InChI=1S/C18H20FN7/c1-26-9-8-15(25-26)23-18-22-10-21-17(24-18)13-7-6-11-12(16(13)19)4-2-3-5-14(11)20/h6-10,14H,2-5,20H2,1H3,(H,21,22,23,24,25)/p+1/t14-/m1/s1. The van der Waals surface area contributed by atoms with Crippen LogP contribution >= 0.6 is 0 Å². The van der Waals surface area contributed by atoms with Crippen LogP contribution in [0.4, 0.5) is 16.2 Å². The van der Waals surface area contributed by atoms with Gasteiger partial charge in [-0.05, 0) is 30.9 Å². The Morgan fingerprint density at radius 3 is 2.92 bits per heavy atom. The number of fused-ring (bicyclic) bond motifs is 1. The molecule has 26 heavy (non-hydrogen) atoms. The molecule has 1 aromatic carbocycles. The van der Waals surface area contributed by atoms with Gasteiger partial charge in [0.25, 0.3) is 0 Å². The molecule has 0 unspecified atom stereocenters. The Bertz CT molecular complexity index is 937. The number of anilines is 2. The van der Waals surface area contributed by atoms with E-state index >= 15 is 4.39 Å². The molecule has 4 N–H and O–H groups in total. The number of aromatic nitrogens is 5. The van der Waals surface area contributed by atoms with Crippen LogP contribution in [0.3, 0.4) is 0 Å². The number of hydrogen-bond donors (Lipinski definition) is 2. The first kappa shape index (κ1) is 16.6. The molecule has 0 saturated carbocycles. The van der Waals surface area contributed by atoms with E-state index in [1.807, 2.05) is 19.3 Å². The monoisotopic (exact) mass is 354 g/mol. The fourth-order valence-corrected chi connectivity index (χ4v) is 3.38.